The fraction of sp³-hybridized carbons (Fsp3) is 0.647. The highest BCUT2D eigenvalue weighted by molar-refractivity contribution is 5.29. The van der Waals surface area contributed by atoms with E-state index in [0.29, 0.717) is 6.04 Å². The molecular formula is C17H29N3O. The molecule has 2 unspecified atom stereocenters. The molecule has 2 atom stereocenters. The summed E-state index contributed by atoms with van der Waals surface area (Å²) >= 11 is 0. The Labute approximate surface area is 129 Å². The van der Waals surface area contributed by atoms with Gasteiger partial charge in [-0.1, -0.05) is 12.1 Å². The molecule has 1 aliphatic heterocycles. The number of methoxy groups -OCH3 is 1. The van der Waals surface area contributed by atoms with E-state index in [1.807, 2.05) is 19.2 Å². The van der Waals surface area contributed by atoms with Gasteiger partial charge < -0.3 is 19.9 Å². The topological polar surface area (TPSA) is 27.7 Å². The van der Waals surface area contributed by atoms with Gasteiger partial charge in [0.05, 0.1) is 7.11 Å². The Hall–Kier alpha value is -1.10. The quantitative estimate of drug-likeness (QED) is 0.829. The number of rotatable bonds is 7. The van der Waals surface area contributed by atoms with Crippen molar-refractivity contribution in [3.8, 4) is 5.75 Å². The summed E-state index contributed by atoms with van der Waals surface area (Å²) in [4.78, 5) is 4.88. The third-order valence-electron chi connectivity index (χ3n) is 4.42. The van der Waals surface area contributed by atoms with E-state index in [9.17, 15) is 0 Å². The zero-order chi connectivity index (χ0) is 15.2. The van der Waals surface area contributed by atoms with Crippen LogP contribution >= 0.6 is 0 Å². The Morgan fingerprint density at radius 3 is 2.62 bits per heavy atom. The molecule has 1 aliphatic rings. The largest absolute Gasteiger partial charge is 0.497 e. The van der Waals surface area contributed by atoms with Crippen molar-refractivity contribution in [2.45, 2.75) is 12.5 Å². The number of ether oxygens (including phenoxy) is 1. The second kappa shape index (κ2) is 7.78. The fourth-order valence-corrected chi connectivity index (χ4v) is 3.20. The number of nitrogens with one attached hydrogen (secondary N) is 1. The normalized spacial score (nSPS) is 20.9. The van der Waals surface area contributed by atoms with E-state index in [1.165, 1.54) is 31.6 Å². The van der Waals surface area contributed by atoms with Crippen LogP contribution in [0.3, 0.4) is 0 Å². The predicted molar refractivity (Wildman–Crippen MR) is 87.9 cm³/mol. The first-order valence-electron chi connectivity index (χ1n) is 7.80. The summed E-state index contributed by atoms with van der Waals surface area (Å²) in [5, 5.41) is 3.43. The Bertz CT molecular complexity index is 421. The van der Waals surface area contributed by atoms with Gasteiger partial charge in [-0.3, -0.25) is 0 Å². The summed E-state index contributed by atoms with van der Waals surface area (Å²) in [5.74, 6) is 1.73. The summed E-state index contributed by atoms with van der Waals surface area (Å²) in [6.07, 6.45) is 1.33. The van der Waals surface area contributed by atoms with Crippen LogP contribution < -0.4 is 10.1 Å². The van der Waals surface area contributed by atoms with Crippen LogP contribution in [0.4, 0.5) is 0 Å². The average Bonchev–Trinajstić information content (AvgIpc) is 2.90. The van der Waals surface area contributed by atoms with Crippen LogP contribution in [0, 0.1) is 5.92 Å². The maximum absolute atomic E-state index is 5.23. The van der Waals surface area contributed by atoms with Gasteiger partial charge in [-0.05, 0) is 57.7 Å². The highest BCUT2D eigenvalue weighted by atomic mass is 16.5. The minimum Gasteiger partial charge on any atom is -0.497 e. The molecule has 118 valence electrons. The van der Waals surface area contributed by atoms with Crippen molar-refractivity contribution < 1.29 is 4.74 Å². The zero-order valence-electron chi connectivity index (χ0n) is 13.8. The van der Waals surface area contributed by atoms with Gasteiger partial charge in [-0.15, -0.1) is 0 Å². The average molecular weight is 291 g/mol. The van der Waals surface area contributed by atoms with Crippen molar-refractivity contribution in [1.29, 1.82) is 0 Å². The molecule has 4 heteroatoms. The molecule has 0 aromatic heterocycles. The number of nitrogens with zero attached hydrogens (tertiary/aromatic N) is 2. The molecule has 0 aliphatic carbocycles. The highest BCUT2D eigenvalue weighted by Crippen LogP contribution is 2.20. The third-order valence-corrected chi connectivity index (χ3v) is 4.42. The maximum Gasteiger partial charge on any atom is 0.118 e. The van der Waals surface area contributed by atoms with Crippen LogP contribution in [0.1, 0.15) is 18.0 Å². The van der Waals surface area contributed by atoms with Crippen molar-refractivity contribution in [3.05, 3.63) is 29.8 Å². The lowest BCUT2D eigenvalue weighted by molar-refractivity contribution is 0.251. The molecule has 1 N–H and O–H groups in total. The van der Waals surface area contributed by atoms with Crippen molar-refractivity contribution >= 4 is 0 Å². The molecule has 0 radical (unpaired) electrons. The number of hydrogen-bond acceptors (Lipinski definition) is 4. The van der Waals surface area contributed by atoms with Gasteiger partial charge in [0.25, 0.3) is 0 Å². The van der Waals surface area contributed by atoms with Crippen LogP contribution in [-0.2, 0) is 0 Å². The van der Waals surface area contributed by atoms with Crippen LogP contribution in [0.25, 0.3) is 0 Å². The summed E-state index contributed by atoms with van der Waals surface area (Å²) < 4.78 is 5.23. The summed E-state index contributed by atoms with van der Waals surface area (Å²) in [6.45, 7) is 4.69. The van der Waals surface area contributed by atoms with Gasteiger partial charge in [-0.2, -0.15) is 0 Å². The first kappa shape index (κ1) is 16.3. The standard InChI is InChI=1S/C17H29N3O/c1-18-17(15-5-7-16(21-4)8-6-15)13-20(3)12-14-9-10-19(2)11-14/h5-8,14,17-18H,9-13H2,1-4H3. The van der Waals surface area contributed by atoms with Crippen LogP contribution in [-0.4, -0.2) is 64.2 Å². The molecular weight excluding hydrogens is 262 g/mol. The molecule has 1 aromatic rings. The first-order chi connectivity index (χ1) is 10.1. The van der Waals surface area contributed by atoms with E-state index >= 15 is 0 Å². The molecule has 2 rings (SSSR count). The monoisotopic (exact) mass is 291 g/mol. The molecule has 4 nitrogen and oxygen atoms in total. The van der Waals surface area contributed by atoms with Gasteiger partial charge in [0.2, 0.25) is 0 Å². The van der Waals surface area contributed by atoms with Gasteiger partial charge in [0, 0.05) is 25.7 Å². The van der Waals surface area contributed by atoms with Crippen LogP contribution in [0.5, 0.6) is 5.75 Å². The van der Waals surface area contributed by atoms with Crippen LogP contribution in [0.2, 0.25) is 0 Å². The number of likely N-dealkylation sites (N-methyl/N-ethyl adjacent to an activating group) is 2. The summed E-state index contributed by atoms with van der Waals surface area (Å²) in [7, 11) is 8.18. The van der Waals surface area contributed by atoms with E-state index in [4.69, 9.17) is 4.74 Å². The van der Waals surface area contributed by atoms with Crippen molar-refractivity contribution in [1.82, 2.24) is 15.1 Å². The highest BCUT2D eigenvalue weighted by Gasteiger charge is 2.22. The summed E-state index contributed by atoms with van der Waals surface area (Å²) in [5.41, 5.74) is 1.31. The summed E-state index contributed by atoms with van der Waals surface area (Å²) in [6, 6.07) is 8.73. The lowest BCUT2D eigenvalue weighted by Gasteiger charge is -2.26. The fourth-order valence-electron chi connectivity index (χ4n) is 3.20. The first-order valence-corrected chi connectivity index (χ1v) is 7.80. The number of likely N-dealkylation sites (tertiary alicyclic amines) is 1. The van der Waals surface area contributed by atoms with E-state index in [2.05, 4.69) is 41.3 Å². The molecule has 1 saturated heterocycles. The Balaban J connectivity index is 1.88. The molecule has 21 heavy (non-hydrogen) atoms. The Morgan fingerprint density at radius 2 is 2.10 bits per heavy atom. The van der Waals surface area contributed by atoms with E-state index in [-0.39, 0.29) is 0 Å². The Kier molecular flexibility index (Phi) is 6.03. The molecule has 1 fully saturated rings. The molecule has 0 saturated carbocycles. The predicted octanol–water partition coefficient (Wildman–Crippen LogP) is 1.84. The van der Waals surface area contributed by atoms with Gasteiger partial charge in [0.15, 0.2) is 0 Å². The van der Waals surface area contributed by atoms with Gasteiger partial charge >= 0.3 is 0 Å². The van der Waals surface area contributed by atoms with E-state index in [0.717, 1.165) is 18.2 Å². The van der Waals surface area contributed by atoms with Gasteiger partial charge in [-0.25, -0.2) is 0 Å². The second-order valence-electron chi connectivity index (χ2n) is 6.25. The minimum absolute atomic E-state index is 0.361. The number of benzene rings is 1. The second-order valence-corrected chi connectivity index (χ2v) is 6.25. The zero-order valence-corrected chi connectivity index (χ0v) is 13.8. The molecule has 1 aromatic carbocycles. The van der Waals surface area contributed by atoms with E-state index < -0.39 is 0 Å². The van der Waals surface area contributed by atoms with Crippen LogP contribution in [0.15, 0.2) is 24.3 Å². The van der Waals surface area contributed by atoms with Crippen molar-refractivity contribution in [3.63, 3.8) is 0 Å². The molecule has 1 heterocycles. The lowest BCUT2D eigenvalue weighted by atomic mass is 10.0. The smallest absolute Gasteiger partial charge is 0.118 e. The molecule has 0 spiro atoms. The molecule has 0 amide bonds. The van der Waals surface area contributed by atoms with Gasteiger partial charge in [0.1, 0.15) is 5.75 Å². The molecule has 0 bridgehead atoms. The lowest BCUT2D eigenvalue weighted by Crippen LogP contribution is -2.34. The number of hydrogen-bond donors (Lipinski definition) is 1. The minimum atomic E-state index is 0.361. The Morgan fingerprint density at radius 1 is 1.38 bits per heavy atom. The van der Waals surface area contributed by atoms with Crippen molar-refractivity contribution in [2.75, 3.05) is 54.4 Å². The van der Waals surface area contributed by atoms with Crippen molar-refractivity contribution in [2.24, 2.45) is 5.92 Å². The maximum atomic E-state index is 5.23. The van der Waals surface area contributed by atoms with E-state index in [1.54, 1.807) is 7.11 Å². The SMILES string of the molecule is CNC(CN(C)CC1CCN(C)C1)c1ccc(OC)cc1. The third kappa shape index (κ3) is 4.70.